The second kappa shape index (κ2) is 7.12. The van der Waals surface area contributed by atoms with E-state index in [2.05, 4.69) is 20.4 Å². The third-order valence-electron chi connectivity index (χ3n) is 4.53. The number of nitrogens with zero attached hydrogens (tertiary/aromatic N) is 5. The van der Waals surface area contributed by atoms with Crippen molar-refractivity contribution < 1.29 is 26.7 Å². The summed E-state index contributed by atoms with van der Waals surface area (Å²) in [5.74, 6) is -0.146. The lowest BCUT2D eigenvalue weighted by molar-refractivity contribution is -0.139. The second-order valence-electron chi connectivity index (χ2n) is 7.08. The second-order valence-corrected chi connectivity index (χ2v) is 9.06. The Morgan fingerprint density at radius 1 is 1.36 bits per heavy atom. The summed E-state index contributed by atoms with van der Waals surface area (Å²) in [4.78, 5) is 7.61. The van der Waals surface area contributed by atoms with Gasteiger partial charge in [0.15, 0.2) is 5.69 Å². The molecule has 1 aliphatic heterocycles. The minimum absolute atomic E-state index is 0.0254. The average Bonchev–Trinajstić information content (AvgIpc) is 2.95. The molecule has 2 aromatic heterocycles. The van der Waals surface area contributed by atoms with E-state index in [9.17, 15) is 26.7 Å². The molecule has 1 saturated heterocycles. The van der Waals surface area contributed by atoms with Crippen LogP contribution in [0.2, 0.25) is 0 Å². The number of hydrogen-bond acceptors (Lipinski definition) is 7. The minimum Gasteiger partial charge on any atom is -0.390 e. The van der Waals surface area contributed by atoms with Crippen molar-refractivity contribution in [2.75, 3.05) is 24.7 Å². The van der Waals surface area contributed by atoms with Crippen molar-refractivity contribution in [2.24, 2.45) is 0 Å². The maximum absolute atomic E-state index is 13.2. The van der Waals surface area contributed by atoms with Gasteiger partial charge in [-0.2, -0.15) is 17.5 Å². The van der Waals surface area contributed by atoms with Crippen molar-refractivity contribution in [1.29, 1.82) is 0 Å². The third kappa shape index (κ3) is 4.05. The van der Waals surface area contributed by atoms with E-state index in [-0.39, 0.29) is 36.3 Å². The number of nitrogens with one attached hydrogen (secondary N) is 1. The van der Waals surface area contributed by atoms with Gasteiger partial charge in [-0.25, -0.2) is 22.9 Å². The summed E-state index contributed by atoms with van der Waals surface area (Å²) >= 11 is 0. The molecule has 0 aromatic carbocycles. The summed E-state index contributed by atoms with van der Waals surface area (Å²) < 4.78 is 65.1. The molecule has 2 aromatic rings. The number of imidazole rings is 1. The average molecular weight is 422 g/mol. The Kier molecular flexibility index (Phi) is 5.27. The van der Waals surface area contributed by atoms with Crippen LogP contribution in [-0.4, -0.2) is 68.9 Å². The highest BCUT2D eigenvalue weighted by molar-refractivity contribution is 7.88. The summed E-state index contributed by atoms with van der Waals surface area (Å²) in [6.07, 6.45) is -3.25. The zero-order chi connectivity index (χ0) is 20.9. The first-order valence-corrected chi connectivity index (χ1v) is 10.5. The number of rotatable bonds is 4. The van der Waals surface area contributed by atoms with Crippen LogP contribution in [0, 0.1) is 0 Å². The Morgan fingerprint density at radius 3 is 2.57 bits per heavy atom. The van der Waals surface area contributed by atoms with Crippen molar-refractivity contribution in [3.63, 3.8) is 0 Å². The Morgan fingerprint density at radius 2 is 2.04 bits per heavy atom. The molecule has 13 heteroatoms. The molecular formula is C15H21F3N6O3S. The number of aliphatic hydroxyl groups excluding tert-OH is 1. The predicted octanol–water partition coefficient (Wildman–Crippen LogP) is 1.07. The molecule has 9 nitrogen and oxygen atoms in total. The number of anilines is 1. The van der Waals surface area contributed by atoms with Gasteiger partial charge in [-0.05, 0) is 6.42 Å². The summed E-state index contributed by atoms with van der Waals surface area (Å²) in [6.45, 7) is 3.53. The highest BCUT2D eigenvalue weighted by Gasteiger charge is 2.38. The quantitative estimate of drug-likeness (QED) is 0.758. The van der Waals surface area contributed by atoms with Gasteiger partial charge in [0.25, 0.3) is 0 Å². The van der Waals surface area contributed by atoms with Crippen molar-refractivity contribution in [1.82, 2.24) is 23.9 Å². The van der Waals surface area contributed by atoms with Gasteiger partial charge in [-0.15, -0.1) is 5.10 Å². The topological polar surface area (TPSA) is 113 Å². The molecule has 156 valence electrons. The van der Waals surface area contributed by atoms with Crippen LogP contribution in [0.1, 0.15) is 37.7 Å². The van der Waals surface area contributed by atoms with E-state index in [0.29, 0.717) is 6.42 Å². The Bertz CT molecular complexity index is 975. The van der Waals surface area contributed by atoms with Crippen LogP contribution >= 0.6 is 0 Å². The van der Waals surface area contributed by atoms with Gasteiger partial charge in [0, 0.05) is 19.0 Å². The molecule has 0 spiro atoms. The standard InChI is InChI=1S/C15H21F3N6O3S/c1-8(2)13-21-12(15(16,17)18)10-6-19-14(22-24(10)13)20-9-4-5-23(7-11(9)25)28(3,26)27/h6,8-9,11,25H,4-5,7H2,1-3H3,(H,20,22)/t9-,11-/m1/s1. The van der Waals surface area contributed by atoms with Gasteiger partial charge in [-0.1, -0.05) is 13.8 Å². The summed E-state index contributed by atoms with van der Waals surface area (Å²) in [7, 11) is -3.41. The van der Waals surface area contributed by atoms with Crippen molar-refractivity contribution >= 4 is 21.5 Å². The zero-order valence-corrected chi connectivity index (χ0v) is 16.3. The van der Waals surface area contributed by atoms with Gasteiger partial charge < -0.3 is 10.4 Å². The van der Waals surface area contributed by atoms with E-state index < -0.39 is 34.0 Å². The van der Waals surface area contributed by atoms with Gasteiger partial charge in [0.1, 0.15) is 11.3 Å². The maximum Gasteiger partial charge on any atom is 0.435 e. The van der Waals surface area contributed by atoms with Crippen molar-refractivity contribution in [2.45, 2.75) is 44.5 Å². The Labute approximate surface area is 159 Å². The maximum atomic E-state index is 13.2. The van der Waals surface area contributed by atoms with Gasteiger partial charge in [0.05, 0.1) is 24.6 Å². The van der Waals surface area contributed by atoms with Crippen LogP contribution in [0.4, 0.5) is 19.1 Å². The first kappa shape index (κ1) is 20.7. The summed E-state index contributed by atoms with van der Waals surface area (Å²) in [5.41, 5.74) is -1.31. The van der Waals surface area contributed by atoms with Gasteiger partial charge in [-0.3, -0.25) is 0 Å². The van der Waals surface area contributed by atoms with E-state index in [1.165, 1.54) is 4.31 Å². The van der Waals surface area contributed by atoms with E-state index in [1.54, 1.807) is 13.8 Å². The molecule has 1 fully saturated rings. The van der Waals surface area contributed by atoms with Crippen LogP contribution in [-0.2, 0) is 16.2 Å². The molecule has 0 bridgehead atoms. The highest BCUT2D eigenvalue weighted by atomic mass is 32.2. The summed E-state index contributed by atoms with van der Waals surface area (Å²) in [5, 5.41) is 17.2. The minimum atomic E-state index is -4.63. The van der Waals surface area contributed by atoms with E-state index in [1.807, 2.05) is 0 Å². The van der Waals surface area contributed by atoms with Gasteiger partial charge >= 0.3 is 6.18 Å². The number of sulfonamides is 1. The third-order valence-corrected chi connectivity index (χ3v) is 5.80. The molecule has 0 radical (unpaired) electrons. The van der Waals surface area contributed by atoms with Crippen LogP contribution in [0.15, 0.2) is 6.20 Å². The van der Waals surface area contributed by atoms with E-state index in [4.69, 9.17) is 0 Å². The first-order valence-electron chi connectivity index (χ1n) is 8.60. The predicted molar refractivity (Wildman–Crippen MR) is 94.3 cm³/mol. The molecule has 1 aliphatic rings. The molecule has 2 atom stereocenters. The SMILES string of the molecule is CC(C)c1nc(C(F)(F)F)c2cnc(N[C@@H]3CCN(S(C)(=O)=O)C[C@H]3O)nn12. The van der Waals surface area contributed by atoms with Crippen molar-refractivity contribution in [3.8, 4) is 0 Å². The Balaban J connectivity index is 1.88. The fourth-order valence-electron chi connectivity index (χ4n) is 3.09. The largest absolute Gasteiger partial charge is 0.435 e. The van der Waals surface area contributed by atoms with Crippen molar-refractivity contribution in [3.05, 3.63) is 17.7 Å². The lowest BCUT2D eigenvalue weighted by Gasteiger charge is -2.34. The molecule has 3 rings (SSSR count). The summed E-state index contributed by atoms with van der Waals surface area (Å²) in [6, 6.07) is -0.538. The molecule has 0 aliphatic carbocycles. The molecule has 0 unspecified atom stereocenters. The number of hydrogen-bond donors (Lipinski definition) is 2. The van der Waals surface area contributed by atoms with E-state index in [0.717, 1.165) is 17.0 Å². The normalized spacial score (nSPS) is 22.1. The van der Waals surface area contributed by atoms with Crippen LogP contribution < -0.4 is 5.32 Å². The molecule has 0 amide bonds. The molecule has 0 saturated carbocycles. The number of aliphatic hydroxyl groups is 1. The lowest BCUT2D eigenvalue weighted by Crippen LogP contribution is -2.51. The fourth-order valence-corrected chi connectivity index (χ4v) is 3.95. The van der Waals surface area contributed by atoms with E-state index >= 15 is 0 Å². The Hall–Kier alpha value is -1.99. The zero-order valence-electron chi connectivity index (χ0n) is 15.5. The lowest BCUT2D eigenvalue weighted by atomic mass is 10.0. The monoisotopic (exact) mass is 422 g/mol. The number of piperidine rings is 1. The number of β-amino-alcohol motifs (C(OH)–C–C–N with tert-alkyl or cyclic N) is 1. The number of fused-ring (bicyclic) bond motifs is 1. The molecule has 2 N–H and O–H groups in total. The molecule has 28 heavy (non-hydrogen) atoms. The number of halogens is 3. The number of aromatic nitrogens is 4. The smallest absolute Gasteiger partial charge is 0.390 e. The molecular weight excluding hydrogens is 401 g/mol. The number of alkyl halides is 3. The molecule has 3 heterocycles. The highest BCUT2D eigenvalue weighted by Crippen LogP contribution is 2.33. The van der Waals surface area contributed by atoms with Crippen LogP contribution in [0.3, 0.4) is 0 Å². The fraction of sp³-hybridized carbons (Fsp3) is 0.667. The first-order chi connectivity index (χ1) is 12.9. The van der Waals surface area contributed by atoms with Crippen LogP contribution in [0.5, 0.6) is 0 Å². The van der Waals surface area contributed by atoms with Crippen LogP contribution in [0.25, 0.3) is 5.52 Å². The van der Waals surface area contributed by atoms with Gasteiger partial charge in [0.2, 0.25) is 16.0 Å².